The van der Waals surface area contributed by atoms with Gasteiger partial charge in [-0.15, -0.1) is 11.8 Å². The molecule has 6 nitrogen and oxygen atoms in total. The Hall–Kier alpha value is -2.32. The van der Waals surface area contributed by atoms with Gasteiger partial charge in [0.15, 0.2) is 5.43 Å². The van der Waals surface area contributed by atoms with E-state index in [9.17, 15) is 9.59 Å². The Balaban J connectivity index is 1.53. The smallest absolute Gasteiger partial charge is 0.290 e. The van der Waals surface area contributed by atoms with E-state index in [2.05, 4.69) is 4.90 Å². The highest BCUT2D eigenvalue weighted by molar-refractivity contribution is 7.98. The van der Waals surface area contributed by atoms with Gasteiger partial charge in [-0.3, -0.25) is 14.5 Å². The lowest BCUT2D eigenvalue weighted by Crippen LogP contribution is -2.38. The summed E-state index contributed by atoms with van der Waals surface area (Å²) in [5, 5.41) is 0.859. The van der Waals surface area contributed by atoms with Crippen molar-refractivity contribution in [2.45, 2.75) is 17.4 Å². The van der Waals surface area contributed by atoms with Gasteiger partial charge in [0.05, 0.1) is 30.2 Å². The second-order valence-electron chi connectivity index (χ2n) is 8.30. The van der Waals surface area contributed by atoms with Gasteiger partial charge < -0.3 is 14.1 Å². The van der Waals surface area contributed by atoms with Crippen LogP contribution in [0.4, 0.5) is 0 Å². The summed E-state index contributed by atoms with van der Waals surface area (Å²) < 4.78 is 11.4. The third-order valence-electron chi connectivity index (χ3n) is 6.34. The molecule has 1 aromatic heterocycles. The molecule has 1 fully saturated rings. The zero-order valence-electron chi connectivity index (χ0n) is 18.4. The summed E-state index contributed by atoms with van der Waals surface area (Å²) in [6.45, 7) is 4.70. The predicted octanol–water partition coefficient (Wildman–Crippen LogP) is 4.44. The number of morpholine rings is 1. The van der Waals surface area contributed by atoms with Crippen molar-refractivity contribution in [1.29, 1.82) is 0 Å². The summed E-state index contributed by atoms with van der Waals surface area (Å²) in [4.78, 5) is 32.3. The highest BCUT2D eigenvalue weighted by Gasteiger charge is 2.42. The number of fused-ring (bicyclic) bond motifs is 2. The Morgan fingerprint density at radius 2 is 1.82 bits per heavy atom. The van der Waals surface area contributed by atoms with Crippen LogP contribution in [0.5, 0.6) is 0 Å². The Bertz CT molecular complexity index is 1240. The molecule has 2 aromatic carbocycles. The van der Waals surface area contributed by atoms with Gasteiger partial charge in [0.2, 0.25) is 5.76 Å². The molecule has 1 amide bonds. The minimum atomic E-state index is -0.479. The second-order valence-corrected chi connectivity index (χ2v) is 9.61. The van der Waals surface area contributed by atoms with Gasteiger partial charge in [0.25, 0.3) is 5.91 Å². The van der Waals surface area contributed by atoms with E-state index in [4.69, 9.17) is 20.8 Å². The number of halogens is 1. The molecule has 1 saturated heterocycles. The van der Waals surface area contributed by atoms with Crippen LogP contribution in [0.1, 0.15) is 34.1 Å². The SMILES string of the molecule is CSc1ccc(C2c3c(oc4ccc(Cl)cc4c3=O)C(=O)N2CCCN2CCOCC2)cc1. The number of carbonyl (C=O) groups excluding carboxylic acids is 1. The van der Waals surface area contributed by atoms with Crippen LogP contribution in [0.25, 0.3) is 11.0 Å². The van der Waals surface area contributed by atoms with E-state index in [-0.39, 0.29) is 17.1 Å². The fourth-order valence-electron chi connectivity index (χ4n) is 4.65. The lowest BCUT2D eigenvalue weighted by Gasteiger charge is -2.29. The van der Waals surface area contributed by atoms with E-state index in [1.165, 1.54) is 0 Å². The van der Waals surface area contributed by atoms with Crippen molar-refractivity contribution in [3.05, 3.63) is 74.6 Å². The van der Waals surface area contributed by atoms with Crippen molar-refractivity contribution in [2.75, 3.05) is 45.6 Å². The fraction of sp³-hybridized carbons (Fsp3) is 0.360. The van der Waals surface area contributed by atoms with Crippen molar-refractivity contribution in [2.24, 2.45) is 0 Å². The Morgan fingerprint density at radius 1 is 1.06 bits per heavy atom. The van der Waals surface area contributed by atoms with Gasteiger partial charge in [-0.25, -0.2) is 0 Å². The molecule has 0 saturated carbocycles. The van der Waals surface area contributed by atoms with Crippen LogP contribution >= 0.6 is 23.4 Å². The van der Waals surface area contributed by atoms with E-state index in [1.54, 1.807) is 34.9 Å². The molecule has 5 rings (SSSR count). The largest absolute Gasteiger partial charge is 0.450 e. The number of ether oxygens (including phenoxy) is 1. The molecule has 33 heavy (non-hydrogen) atoms. The van der Waals surface area contributed by atoms with Gasteiger partial charge in [-0.1, -0.05) is 23.7 Å². The number of thioether (sulfide) groups is 1. The summed E-state index contributed by atoms with van der Waals surface area (Å²) in [7, 11) is 0. The van der Waals surface area contributed by atoms with Crippen LogP contribution in [0, 0.1) is 0 Å². The van der Waals surface area contributed by atoms with Gasteiger partial charge >= 0.3 is 0 Å². The molecule has 8 heteroatoms. The number of rotatable bonds is 6. The first-order valence-electron chi connectivity index (χ1n) is 11.1. The zero-order valence-corrected chi connectivity index (χ0v) is 20.0. The van der Waals surface area contributed by atoms with Crippen molar-refractivity contribution < 1.29 is 13.9 Å². The maximum atomic E-state index is 13.6. The molecule has 3 heterocycles. The molecule has 0 aliphatic carbocycles. The molecule has 0 bridgehead atoms. The number of benzene rings is 2. The first-order valence-corrected chi connectivity index (χ1v) is 12.7. The molecule has 1 unspecified atom stereocenters. The maximum Gasteiger partial charge on any atom is 0.290 e. The third-order valence-corrected chi connectivity index (χ3v) is 7.31. The van der Waals surface area contributed by atoms with Gasteiger partial charge in [-0.05, 0) is 48.6 Å². The number of amides is 1. The van der Waals surface area contributed by atoms with E-state index >= 15 is 0 Å². The zero-order chi connectivity index (χ0) is 22.9. The predicted molar refractivity (Wildman–Crippen MR) is 130 cm³/mol. The molecule has 1 atom stereocenters. The molecule has 2 aliphatic rings. The average molecular weight is 485 g/mol. The van der Waals surface area contributed by atoms with Gasteiger partial charge in [0, 0.05) is 36.1 Å². The standard InChI is InChI=1S/C25H25ClN2O4S/c1-33-18-6-3-16(4-7-18)22-21-23(29)19-15-17(26)5-8-20(19)32-24(21)25(30)28(22)10-2-9-27-11-13-31-14-12-27/h3-8,15,22H,2,9-14H2,1H3. The van der Waals surface area contributed by atoms with Crippen molar-refractivity contribution >= 4 is 40.2 Å². The lowest BCUT2D eigenvalue weighted by atomic mass is 9.98. The van der Waals surface area contributed by atoms with Crippen molar-refractivity contribution in [1.82, 2.24) is 9.80 Å². The highest BCUT2D eigenvalue weighted by atomic mass is 35.5. The Kier molecular flexibility index (Phi) is 6.47. The summed E-state index contributed by atoms with van der Waals surface area (Å²) in [5.74, 6) is -0.0972. The molecule has 172 valence electrons. The number of carbonyl (C=O) groups is 1. The maximum absolute atomic E-state index is 13.6. The normalized spacial score (nSPS) is 18.8. The summed E-state index contributed by atoms with van der Waals surface area (Å²) in [6, 6.07) is 12.5. The topological polar surface area (TPSA) is 63.0 Å². The van der Waals surface area contributed by atoms with Crippen LogP contribution in [0.3, 0.4) is 0 Å². The molecule has 0 radical (unpaired) electrons. The van der Waals surface area contributed by atoms with Crippen LogP contribution in [0.15, 0.2) is 56.6 Å². The lowest BCUT2D eigenvalue weighted by molar-refractivity contribution is 0.0353. The van der Waals surface area contributed by atoms with E-state index in [0.717, 1.165) is 49.7 Å². The van der Waals surface area contributed by atoms with Crippen molar-refractivity contribution in [3.8, 4) is 0 Å². The van der Waals surface area contributed by atoms with Gasteiger partial charge in [0.1, 0.15) is 5.58 Å². The molecule has 3 aromatic rings. The monoisotopic (exact) mass is 484 g/mol. The third kappa shape index (κ3) is 4.30. The molecular weight excluding hydrogens is 460 g/mol. The molecule has 2 aliphatic heterocycles. The minimum absolute atomic E-state index is 0.139. The number of hydrogen-bond donors (Lipinski definition) is 0. The van der Waals surface area contributed by atoms with Crippen LogP contribution in [-0.4, -0.2) is 61.4 Å². The fourth-order valence-corrected chi connectivity index (χ4v) is 5.23. The summed E-state index contributed by atoms with van der Waals surface area (Å²) in [6.07, 6.45) is 2.82. The first kappa shape index (κ1) is 22.5. The van der Waals surface area contributed by atoms with Crippen LogP contribution < -0.4 is 5.43 Å². The second kappa shape index (κ2) is 9.50. The summed E-state index contributed by atoms with van der Waals surface area (Å²) in [5.41, 5.74) is 1.48. The molecule has 0 N–H and O–H groups in total. The molecule has 0 spiro atoms. The Morgan fingerprint density at radius 3 is 2.55 bits per heavy atom. The number of hydrogen-bond acceptors (Lipinski definition) is 6. The first-order chi connectivity index (χ1) is 16.1. The average Bonchev–Trinajstić information content (AvgIpc) is 3.12. The number of nitrogens with zero attached hydrogens (tertiary/aromatic N) is 2. The van der Waals surface area contributed by atoms with E-state index in [1.807, 2.05) is 30.5 Å². The summed E-state index contributed by atoms with van der Waals surface area (Å²) >= 11 is 7.81. The Labute approximate surface area is 201 Å². The highest BCUT2D eigenvalue weighted by Crippen LogP contribution is 2.39. The van der Waals surface area contributed by atoms with Crippen LogP contribution in [-0.2, 0) is 4.74 Å². The molecular formula is C25H25ClN2O4S. The van der Waals surface area contributed by atoms with E-state index < -0.39 is 6.04 Å². The van der Waals surface area contributed by atoms with Crippen LogP contribution in [0.2, 0.25) is 5.02 Å². The minimum Gasteiger partial charge on any atom is -0.450 e. The quantitative estimate of drug-likeness (QED) is 0.482. The van der Waals surface area contributed by atoms with Gasteiger partial charge in [-0.2, -0.15) is 0 Å². The van der Waals surface area contributed by atoms with Crippen molar-refractivity contribution in [3.63, 3.8) is 0 Å². The van der Waals surface area contributed by atoms with E-state index in [0.29, 0.717) is 28.1 Å².